The van der Waals surface area contributed by atoms with E-state index in [9.17, 15) is 14.0 Å². The van der Waals surface area contributed by atoms with Gasteiger partial charge in [-0.15, -0.1) is 0 Å². The monoisotopic (exact) mass is 585 g/mol. The van der Waals surface area contributed by atoms with Crippen LogP contribution in [0.2, 0.25) is 0 Å². The second-order valence-corrected chi connectivity index (χ2v) is 11.9. The first kappa shape index (κ1) is 27.2. The fourth-order valence-corrected chi connectivity index (χ4v) is 6.38. The van der Waals surface area contributed by atoms with Gasteiger partial charge in [0.15, 0.2) is 0 Å². The number of aryl methyl sites for hydroxylation is 2. The van der Waals surface area contributed by atoms with Crippen LogP contribution in [-0.4, -0.2) is 50.7 Å². The molecule has 4 aromatic rings. The first-order chi connectivity index (χ1) is 19.8. The zero-order valence-corrected chi connectivity index (χ0v) is 24.3. The highest BCUT2D eigenvalue weighted by atomic mass is 32.2. The second-order valence-electron chi connectivity index (χ2n) is 10.2. The number of benzene rings is 2. The van der Waals surface area contributed by atoms with Crippen molar-refractivity contribution >= 4 is 57.4 Å². The average Bonchev–Trinajstić information content (AvgIpc) is 3.24. The van der Waals surface area contributed by atoms with Crippen LogP contribution in [0.3, 0.4) is 0 Å². The van der Waals surface area contributed by atoms with Gasteiger partial charge in [0.25, 0.3) is 11.5 Å². The lowest BCUT2D eigenvalue weighted by molar-refractivity contribution is -0.122. The van der Waals surface area contributed by atoms with Gasteiger partial charge in [-0.25, -0.2) is 9.37 Å². The maximum atomic E-state index is 13.9. The second kappa shape index (κ2) is 11.1. The Bertz CT molecular complexity index is 1740. The van der Waals surface area contributed by atoms with Crippen LogP contribution < -0.4 is 15.4 Å². The molecule has 7 nitrogen and oxygen atoms in total. The van der Waals surface area contributed by atoms with Gasteiger partial charge in [0.2, 0.25) is 0 Å². The molecule has 6 rings (SSSR count). The molecule has 2 aromatic heterocycles. The Kier molecular flexibility index (Phi) is 7.35. The Morgan fingerprint density at radius 1 is 0.951 bits per heavy atom. The third-order valence-electron chi connectivity index (χ3n) is 7.45. The van der Waals surface area contributed by atoms with E-state index in [0.29, 0.717) is 59.0 Å². The summed E-state index contributed by atoms with van der Waals surface area (Å²) in [6.07, 6.45) is 3.36. The minimum atomic E-state index is -0.266. The van der Waals surface area contributed by atoms with Crippen molar-refractivity contribution in [2.24, 2.45) is 0 Å². The molecule has 0 unspecified atom stereocenters. The zero-order valence-electron chi connectivity index (χ0n) is 22.7. The Morgan fingerprint density at radius 3 is 2.34 bits per heavy atom. The van der Waals surface area contributed by atoms with Crippen molar-refractivity contribution in [2.75, 3.05) is 36.0 Å². The molecule has 208 valence electrons. The van der Waals surface area contributed by atoms with Crippen LogP contribution in [0.15, 0.2) is 76.6 Å². The third-order valence-corrected chi connectivity index (χ3v) is 8.82. The number of hydrogen-bond donors (Lipinski definition) is 0. The molecule has 2 aliphatic rings. The summed E-state index contributed by atoms with van der Waals surface area (Å²) in [5.74, 6) is 0.0609. The van der Waals surface area contributed by atoms with E-state index in [0.717, 1.165) is 22.4 Å². The summed E-state index contributed by atoms with van der Waals surface area (Å²) in [5, 5.41) is 0. The number of aromatic nitrogens is 2. The standard InChI is InChI=1S/C31H28FN5O2S2/c1-20-5-7-22(8-6-20)19-37-30(39)26(41-31(37)40)18-25-28(33-27-21(2)4-3-13-36(27)29(25)38)35-16-14-34(15-17-35)24-11-9-23(32)10-12-24/h3-13,18H,14-17,19H2,1-2H3/b26-18+. The lowest BCUT2D eigenvalue weighted by atomic mass is 10.1. The molecular weight excluding hydrogens is 558 g/mol. The summed E-state index contributed by atoms with van der Waals surface area (Å²) in [7, 11) is 0. The molecule has 1 amide bonds. The van der Waals surface area contributed by atoms with Gasteiger partial charge in [0.1, 0.15) is 21.6 Å². The molecule has 0 saturated carbocycles. The molecule has 41 heavy (non-hydrogen) atoms. The van der Waals surface area contributed by atoms with E-state index in [1.807, 2.05) is 50.2 Å². The van der Waals surface area contributed by atoms with Crippen molar-refractivity contribution in [3.05, 3.63) is 110 Å². The summed E-state index contributed by atoms with van der Waals surface area (Å²) in [6.45, 7) is 6.89. The molecule has 0 radical (unpaired) electrons. The quantitative estimate of drug-likeness (QED) is 0.236. The number of nitrogens with zero attached hydrogens (tertiary/aromatic N) is 5. The Labute approximate surface area is 246 Å². The van der Waals surface area contributed by atoms with Crippen molar-refractivity contribution in [1.29, 1.82) is 0 Å². The van der Waals surface area contributed by atoms with Gasteiger partial charge in [-0.2, -0.15) is 0 Å². The molecular formula is C31H28FN5O2S2. The summed E-state index contributed by atoms with van der Waals surface area (Å²) in [4.78, 5) is 38.6. The highest BCUT2D eigenvalue weighted by molar-refractivity contribution is 8.26. The number of thiocarbonyl (C=S) groups is 1. The summed E-state index contributed by atoms with van der Waals surface area (Å²) in [5.41, 5.74) is 4.66. The van der Waals surface area contributed by atoms with Crippen LogP contribution in [0.5, 0.6) is 0 Å². The van der Waals surface area contributed by atoms with Gasteiger partial charge < -0.3 is 9.80 Å². The summed E-state index contributed by atoms with van der Waals surface area (Å²) < 4.78 is 15.4. The third kappa shape index (κ3) is 5.37. The molecule has 10 heteroatoms. The SMILES string of the molecule is Cc1ccc(CN2C(=O)/C(=C\c3c(N4CCN(c5ccc(F)cc5)CC4)nc4c(C)cccn4c3=O)SC2=S)cc1. The Hall–Kier alpha value is -4.02. The molecule has 2 aromatic carbocycles. The zero-order chi connectivity index (χ0) is 28.7. The van der Waals surface area contributed by atoms with Gasteiger partial charge in [-0.1, -0.05) is 59.9 Å². The first-order valence-electron chi connectivity index (χ1n) is 13.4. The van der Waals surface area contributed by atoms with E-state index in [2.05, 4.69) is 9.80 Å². The lowest BCUT2D eigenvalue weighted by Gasteiger charge is -2.37. The smallest absolute Gasteiger partial charge is 0.267 e. The van der Waals surface area contributed by atoms with Crippen molar-refractivity contribution in [2.45, 2.75) is 20.4 Å². The molecule has 0 N–H and O–H groups in total. The van der Waals surface area contributed by atoms with Gasteiger partial charge >= 0.3 is 0 Å². The minimum absolute atomic E-state index is 0.221. The van der Waals surface area contributed by atoms with Crippen LogP contribution >= 0.6 is 24.0 Å². The van der Waals surface area contributed by atoms with Gasteiger partial charge in [0, 0.05) is 38.1 Å². The number of piperazine rings is 1. The van der Waals surface area contributed by atoms with Crippen LogP contribution in [0.4, 0.5) is 15.9 Å². The number of halogens is 1. The number of rotatable bonds is 5. The highest BCUT2D eigenvalue weighted by Crippen LogP contribution is 2.35. The lowest BCUT2D eigenvalue weighted by Crippen LogP contribution is -2.47. The van der Waals surface area contributed by atoms with Crippen LogP contribution in [0.1, 0.15) is 22.3 Å². The Morgan fingerprint density at radius 2 is 1.63 bits per heavy atom. The van der Waals surface area contributed by atoms with Crippen molar-refractivity contribution < 1.29 is 9.18 Å². The number of carbonyl (C=O) groups is 1. The maximum absolute atomic E-state index is 13.9. The minimum Gasteiger partial charge on any atom is -0.368 e. The van der Waals surface area contributed by atoms with Gasteiger partial charge in [-0.05, 0) is 61.4 Å². The number of fused-ring (bicyclic) bond motifs is 1. The number of anilines is 2. The molecule has 4 heterocycles. The molecule has 0 aliphatic carbocycles. The summed E-state index contributed by atoms with van der Waals surface area (Å²) in [6, 6.07) is 18.2. The number of amides is 1. The topological polar surface area (TPSA) is 61.2 Å². The van der Waals surface area contributed by atoms with Crippen LogP contribution in [-0.2, 0) is 11.3 Å². The predicted molar refractivity (Wildman–Crippen MR) is 167 cm³/mol. The van der Waals surface area contributed by atoms with Crippen LogP contribution in [0.25, 0.3) is 11.7 Å². The van der Waals surface area contributed by atoms with E-state index in [1.165, 1.54) is 28.3 Å². The van der Waals surface area contributed by atoms with E-state index >= 15 is 0 Å². The van der Waals surface area contributed by atoms with Crippen molar-refractivity contribution in [3.63, 3.8) is 0 Å². The first-order valence-corrected chi connectivity index (χ1v) is 14.6. The fraction of sp³-hybridized carbons (Fsp3) is 0.226. The van der Waals surface area contributed by atoms with Gasteiger partial charge in [0.05, 0.1) is 17.0 Å². The highest BCUT2D eigenvalue weighted by Gasteiger charge is 2.33. The van der Waals surface area contributed by atoms with E-state index < -0.39 is 0 Å². The Balaban J connectivity index is 1.34. The molecule has 0 bridgehead atoms. The van der Waals surface area contributed by atoms with Crippen molar-refractivity contribution in [1.82, 2.24) is 14.3 Å². The largest absolute Gasteiger partial charge is 0.368 e. The van der Waals surface area contributed by atoms with Crippen LogP contribution in [0, 0.1) is 19.7 Å². The average molecular weight is 586 g/mol. The van der Waals surface area contributed by atoms with E-state index in [4.69, 9.17) is 17.2 Å². The van der Waals surface area contributed by atoms with E-state index in [-0.39, 0.29) is 17.3 Å². The molecule has 2 aliphatic heterocycles. The molecule has 2 saturated heterocycles. The normalized spacial score (nSPS) is 16.9. The number of hydrogen-bond acceptors (Lipinski definition) is 7. The van der Waals surface area contributed by atoms with E-state index in [1.54, 1.807) is 29.3 Å². The fourth-order valence-electron chi connectivity index (χ4n) is 5.14. The number of pyridine rings is 1. The molecule has 0 atom stereocenters. The van der Waals surface area contributed by atoms with Gasteiger partial charge in [-0.3, -0.25) is 18.9 Å². The molecule has 2 fully saturated rings. The molecule has 0 spiro atoms. The summed E-state index contributed by atoms with van der Waals surface area (Å²) >= 11 is 6.78. The predicted octanol–water partition coefficient (Wildman–Crippen LogP) is 5.18. The maximum Gasteiger partial charge on any atom is 0.267 e. The number of carbonyl (C=O) groups excluding carboxylic acids is 1. The number of thioether (sulfide) groups is 1. The van der Waals surface area contributed by atoms with Crippen molar-refractivity contribution in [3.8, 4) is 0 Å².